The van der Waals surface area contributed by atoms with Crippen molar-refractivity contribution < 1.29 is 22.7 Å². The maximum atomic E-state index is 14.1. The topological polar surface area (TPSA) is 97.5 Å². The quantitative estimate of drug-likeness (QED) is 0.787. The van der Waals surface area contributed by atoms with Crippen LogP contribution in [-0.2, 0) is 21.2 Å². The standard InChI is InChI=1S/C20H18FNO4S/c1-11-7-14-8-12(2)19(16(14)10-18(11)21)17(20(23)24)9-13-3-5-15(6-4-13)27(22,25)26/h3-7,9-10H,8H2,1-2H3,(H,23,24)(H2,22,25,26). The molecule has 3 rings (SSSR count). The zero-order valence-electron chi connectivity index (χ0n) is 14.8. The van der Waals surface area contributed by atoms with E-state index in [1.165, 1.54) is 36.4 Å². The van der Waals surface area contributed by atoms with E-state index in [9.17, 15) is 22.7 Å². The molecular formula is C20H18FNO4S. The van der Waals surface area contributed by atoms with Gasteiger partial charge in [0.2, 0.25) is 10.0 Å². The molecule has 0 fully saturated rings. The SMILES string of the molecule is CC1=C(C(=Cc2ccc(S(N)(=O)=O)cc2)C(=O)O)c2cc(F)c(C)cc2C1. The zero-order valence-corrected chi connectivity index (χ0v) is 15.6. The van der Waals surface area contributed by atoms with Gasteiger partial charge in [0.05, 0.1) is 10.5 Å². The van der Waals surface area contributed by atoms with E-state index in [1.807, 2.05) is 6.92 Å². The number of nitrogens with two attached hydrogens (primary N) is 1. The highest BCUT2D eigenvalue weighted by Gasteiger charge is 2.26. The third-order valence-corrected chi connectivity index (χ3v) is 5.48. The van der Waals surface area contributed by atoms with Crippen LogP contribution in [0.1, 0.15) is 29.2 Å². The predicted molar refractivity (Wildman–Crippen MR) is 101 cm³/mol. The maximum absolute atomic E-state index is 14.1. The number of aliphatic carboxylic acids is 1. The highest BCUT2D eigenvalue weighted by atomic mass is 32.2. The lowest BCUT2D eigenvalue weighted by Crippen LogP contribution is -2.11. The number of hydrogen-bond donors (Lipinski definition) is 2. The van der Waals surface area contributed by atoms with Gasteiger partial charge in [-0.05, 0) is 72.4 Å². The number of carboxylic acids is 1. The number of primary sulfonamides is 1. The molecule has 2 aromatic rings. The number of fused-ring (bicyclic) bond motifs is 1. The largest absolute Gasteiger partial charge is 0.478 e. The number of carbonyl (C=O) groups is 1. The van der Waals surface area contributed by atoms with Crippen LogP contribution in [0, 0.1) is 12.7 Å². The normalized spacial score (nSPS) is 14.4. The van der Waals surface area contributed by atoms with Crippen molar-refractivity contribution in [2.24, 2.45) is 5.14 Å². The molecule has 0 heterocycles. The number of halogens is 1. The van der Waals surface area contributed by atoms with E-state index in [2.05, 4.69) is 0 Å². The maximum Gasteiger partial charge on any atom is 0.336 e. The number of sulfonamides is 1. The lowest BCUT2D eigenvalue weighted by Gasteiger charge is -2.10. The highest BCUT2D eigenvalue weighted by molar-refractivity contribution is 7.89. The molecular weight excluding hydrogens is 369 g/mol. The van der Waals surface area contributed by atoms with E-state index in [1.54, 1.807) is 13.0 Å². The van der Waals surface area contributed by atoms with Crippen molar-refractivity contribution >= 4 is 27.6 Å². The first kappa shape index (κ1) is 19.0. The van der Waals surface area contributed by atoms with E-state index >= 15 is 0 Å². The van der Waals surface area contributed by atoms with Gasteiger partial charge in [-0.3, -0.25) is 0 Å². The minimum absolute atomic E-state index is 0.0258. The van der Waals surface area contributed by atoms with Crippen LogP contribution in [0.4, 0.5) is 4.39 Å². The van der Waals surface area contributed by atoms with E-state index < -0.39 is 16.0 Å². The first-order valence-corrected chi connectivity index (χ1v) is 9.70. The van der Waals surface area contributed by atoms with Crippen LogP contribution in [0.2, 0.25) is 0 Å². The Labute approximate surface area is 156 Å². The van der Waals surface area contributed by atoms with Gasteiger partial charge in [-0.2, -0.15) is 0 Å². The van der Waals surface area contributed by atoms with E-state index in [0.717, 1.165) is 11.1 Å². The molecule has 1 aliphatic rings. The van der Waals surface area contributed by atoms with Gasteiger partial charge in [0.15, 0.2) is 0 Å². The fourth-order valence-electron chi connectivity index (χ4n) is 3.26. The average Bonchev–Trinajstić information content (AvgIpc) is 2.87. The molecule has 5 nitrogen and oxygen atoms in total. The monoisotopic (exact) mass is 387 g/mol. The third-order valence-electron chi connectivity index (χ3n) is 4.56. The van der Waals surface area contributed by atoms with Crippen LogP contribution >= 0.6 is 0 Å². The first-order valence-electron chi connectivity index (χ1n) is 8.15. The Balaban J connectivity index is 2.10. The Morgan fingerprint density at radius 1 is 1.19 bits per heavy atom. The summed E-state index contributed by atoms with van der Waals surface area (Å²) in [7, 11) is -3.83. The molecule has 3 N–H and O–H groups in total. The lowest BCUT2D eigenvalue weighted by molar-refractivity contribution is -0.132. The minimum Gasteiger partial charge on any atom is -0.478 e. The molecule has 1 aliphatic carbocycles. The third kappa shape index (κ3) is 3.70. The summed E-state index contributed by atoms with van der Waals surface area (Å²) in [6, 6.07) is 8.69. The fraction of sp³-hybridized carbons (Fsp3) is 0.150. The van der Waals surface area contributed by atoms with Crippen molar-refractivity contribution in [1.82, 2.24) is 0 Å². The molecule has 140 valence electrons. The molecule has 0 aromatic heterocycles. The van der Waals surface area contributed by atoms with Gasteiger partial charge in [0.25, 0.3) is 0 Å². The summed E-state index contributed by atoms with van der Waals surface area (Å²) in [6.45, 7) is 3.49. The van der Waals surface area contributed by atoms with Crippen molar-refractivity contribution in [2.75, 3.05) is 0 Å². The lowest BCUT2D eigenvalue weighted by atomic mass is 9.95. The van der Waals surface area contributed by atoms with E-state index in [0.29, 0.717) is 28.7 Å². The Morgan fingerprint density at radius 3 is 2.37 bits per heavy atom. The van der Waals surface area contributed by atoms with Crippen LogP contribution in [0.15, 0.2) is 52.4 Å². The zero-order chi connectivity index (χ0) is 19.9. The Kier molecular flexibility index (Phi) is 4.75. The summed E-state index contributed by atoms with van der Waals surface area (Å²) < 4.78 is 36.8. The molecule has 0 atom stereocenters. The van der Waals surface area contributed by atoms with Crippen LogP contribution in [-0.4, -0.2) is 19.5 Å². The number of carboxylic acid groups (broad SMARTS) is 1. The van der Waals surface area contributed by atoms with Gasteiger partial charge in [-0.1, -0.05) is 23.8 Å². The van der Waals surface area contributed by atoms with Gasteiger partial charge < -0.3 is 5.11 Å². The molecule has 0 spiro atoms. The molecule has 0 aliphatic heterocycles. The van der Waals surface area contributed by atoms with Crippen LogP contribution in [0.3, 0.4) is 0 Å². The van der Waals surface area contributed by atoms with Crippen molar-refractivity contribution in [3.05, 3.63) is 75.6 Å². The number of benzene rings is 2. The Hall–Kier alpha value is -2.77. The van der Waals surface area contributed by atoms with E-state index in [-0.39, 0.29) is 16.3 Å². The molecule has 0 unspecified atom stereocenters. The molecule has 0 bridgehead atoms. The highest BCUT2D eigenvalue weighted by Crippen LogP contribution is 2.39. The van der Waals surface area contributed by atoms with Crippen molar-refractivity contribution in [2.45, 2.75) is 25.2 Å². The second kappa shape index (κ2) is 6.75. The van der Waals surface area contributed by atoms with Crippen LogP contribution < -0.4 is 5.14 Å². The van der Waals surface area contributed by atoms with Crippen molar-refractivity contribution in [3.8, 4) is 0 Å². The molecule has 0 radical (unpaired) electrons. The number of allylic oxidation sites excluding steroid dienone is 1. The second-order valence-corrected chi connectivity index (χ2v) is 8.13. The molecule has 2 aromatic carbocycles. The molecule has 0 amide bonds. The molecule has 7 heteroatoms. The number of rotatable bonds is 4. The van der Waals surface area contributed by atoms with Gasteiger partial charge in [0.1, 0.15) is 5.82 Å². The Bertz CT molecular complexity index is 1110. The molecule has 27 heavy (non-hydrogen) atoms. The van der Waals surface area contributed by atoms with Crippen LogP contribution in [0.5, 0.6) is 0 Å². The first-order chi connectivity index (χ1) is 12.6. The summed E-state index contributed by atoms with van der Waals surface area (Å²) in [5.41, 5.74) is 3.83. The number of hydrogen-bond acceptors (Lipinski definition) is 3. The van der Waals surface area contributed by atoms with Crippen molar-refractivity contribution in [3.63, 3.8) is 0 Å². The summed E-state index contributed by atoms with van der Waals surface area (Å²) in [5.74, 6) is -1.53. The predicted octanol–water partition coefficient (Wildman–Crippen LogP) is 3.28. The molecule has 0 saturated carbocycles. The van der Waals surface area contributed by atoms with Gasteiger partial charge in [-0.15, -0.1) is 0 Å². The molecule has 0 saturated heterocycles. The van der Waals surface area contributed by atoms with E-state index in [4.69, 9.17) is 5.14 Å². The average molecular weight is 387 g/mol. The summed E-state index contributed by atoms with van der Waals surface area (Å²) in [6.07, 6.45) is 2.00. The van der Waals surface area contributed by atoms with Crippen LogP contribution in [0.25, 0.3) is 11.6 Å². The summed E-state index contributed by atoms with van der Waals surface area (Å²) >= 11 is 0. The van der Waals surface area contributed by atoms with Gasteiger partial charge in [0, 0.05) is 0 Å². The summed E-state index contributed by atoms with van der Waals surface area (Å²) in [4.78, 5) is 11.9. The smallest absolute Gasteiger partial charge is 0.336 e. The van der Waals surface area contributed by atoms with Crippen molar-refractivity contribution in [1.29, 1.82) is 0 Å². The minimum atomic E-state index is -3.83. The summed E-state index contributed by atoms with van der Waals surface area (Å²) in [5, 5.41) is 14.8. The van der Waals surface area contributed by atoms with Gasteiger partial charge >= 0.3 is 5.97 Å². The fourth-order valence-corrected chi connectivity index (χ4v) is 3.78. The Morgan fingerprint density at radius 2 is 1.81 bits per heavy atom. The second-order valence-electron chi connectivity index (χ2n) is 6.57. The van der Waals surface area contributed by atoms with Gasteiger partial charge in [-0.25, -0.2) is 22.7 Å². The number of aryl methyl sites for hydroxylation is 1.